The van der Waals surface area contributed by atoms with Crippen molar-refractivity contribution >= 4 is 49.8 Å². The standard InChI is InChI=1S/C14H7BrClF2N3/c15-9-5-11(18)12(6-10(9)17)19-14-8-4-2-1-3-7(8)13(16)20-21-14/h1-6H,(H,19,21). The molecule has 3 nitrogen and oxygen atoms in total. The summed E-state index contributed by atoms with van der Waals surface area (Å²) in [4.78, 5) is 0. The van der Waals surface area contributed by atoms with Crippen molar-refractivity contribution in [1.29, 1.82) is 0 Å². The lowest BCUT2D eigenvalue weighted by atomic mass is 10.2. The van der Waals surface area contributed by atoms with Crippen molar-refractivity contribution in [3.8, 4) is 0 Å². The summed E-state index contributed by atoms with van der Waals surface area (Å²) in [6.07, 6.45) is 0. The highest BCUT2D eigenvalue weighted by atomic mass is 79.9. The van der Waals surface area contributed by atoms with E-state index in [1.54, 1.807) is 24.3 Å². The number of anilines is 2. The van der Waals surface area contributed by atoms with Gasteiger partial charge in [-0.15, -0.1) is 10.2 Å². The third-order valence-corrected chi connectivity index (χ3v) is 3.79. The van der Waals surface area contributed by atoms with Gasteiger partial charge in [-0.2, -0.15) is 0 Å². The van der Waals surface area contributed by atoms with Gasteiger partial charge in [0, 0.05) is 16.8 Å². The molecule has 0 aliphatic heterocycles. The van der Waals surface area contributed by atoms with E-state index in [9.17, 15) is 8.78 Å². The minimum Gasteiger partial charge on any atom is -0.336 e. The van der Waals surface area contributed by atoms with Gasteiger partial charge in [-0.1, -0.05) is 35.9 Å². The minimum absolute atomic E-state index is 0.0301. The second-order valence-electron chi connectivity index (χ2n) is 4.26. The first kappa shape index (κ1) is 14.2. The Labute approximate surface area is 132 Å². The monoisotopic (exact) mass is 369 g/mol. The number of rotatable bonds is 2. The van der Waals surface area contributed by atoms with Gasteiger partial charge in [-0.3, -0.25) is 0 Å². The van der Waals surface area contributed by atoms with Crippen molar-refractivity contribution in [1.82, 2.24) is 10.2 Å². The molecule has 0 aliphatic carbocycles. The SMILES string of the molecule is Fc1cc(Nc2nnc(Cl)c3ccccc23)c(F)cc1Br. The Balaban J connectivity index is 2.11. The van der Waals surface area contributed by atoms with E-state index in [-0.39, 0.29) is 15.3 Å². The maximum atomic E-state index is 13.9. The average molecular weight is 371 g/mol. The van der Waals surface area contributed by atoms with E-state index in [1.807, 2.05) is 0 Å². The fourth-order valence-electron chi connectivity index (χ4n) is 1.91. The zero-order valence-electron chi connectivity index (χ0n) is 10.4. The summed E-state index contributed by atoms with van der Waals surface area (Å²) in [7, 11) is 0. The van der Waals surface area contributed by atoms with Gasteiger partial charge in [0.05, 0.1) is 10.2 Å². The van der Waals surface area contributed by atoms with Gasteiger partial charge < -0.3 is 5.32 Å². The first-order chi connectivity index (χ1) is 10.1. The summed E-state index contributed by atoms with van der Waals surface area (Å²) in [5, 5.41) is 12.0. The molecule has 0 saturated carbocycles. The van der Waals surface area contributed by atoms with Crippen LogP contribution in [0.3, 0.4) is 0 Å². The fourth-order valence-corrected chi connectivity index (χ4v) is 2.43. The molecule has 0 fully saturated rings. The third kappa shape index (κ3) is 2.69. The number of hydrogen-bond acceptors (Lipinski definition) is 3. The molecule has 0 atom stereocenters. The van der Waals surface area contributed by atoms with Gasteiger partial charge in [-0.25, -0.2) is 8.78 Å². The number of hydrogen-bond donors (Lipinski definition) is 1. The topological polar surface area (TPSA) is 37.8 Å². The van der Waals surface area contributed by atoms with Crippen molar-refractivity contribution in [2.45, 2.75) is 0 Å². The molecule has 0 saturated heterocycles. The van der Waals surface area contributed by atoms with Gasteiger partial charge in [-0.05, 0) is 22.0 Å². The Morgan fingerprint density at radius 1 is 1.00 bits per heavy atom. The lowest BCUT2D eigenvalue weighted by Gasteiger charge is -2.10. The van der Waals surface area contributed by atoms with E-state index in [0.717, 1.165) is 12.1 Å². The van der Waals surface area contributed by atoms with E-state index < -0.39 is 11.6 Å². The van der Waals surface area contributed by atoms with E-state index in [0.29, 0.717) is 16.6 Å². The second kappa shape index (κ2) is 5.54. The summed E-state index contributed by atoms with van der Waals surface area (Å²) < 4.78 is 27.4. The van der Waals surface area contributed by atoms with Crippen LogP contribution in [0.25, 0.3) is 10.8 Å². The highest BCUT2D eigenvalue weighted by Crippen LogP contribution is 2.30. The highest BCUT2D eigenvalue weighted by molar-refractivity contribution is 9.10. The number of halogens is 4. The molecule has 0 aliphatic rings. The summed E-state index contributed by atoms with van der Waals surface area (Å²) in [5.41, 5.74) is -0.0301. The smallest absolute Gasteiger partial charge is 0.161 e. The molecule has 2 aromatic carbocycles. The van der Waals surface area contributed by atoms with Gasteiger partial charge in [0.15, 0.2) is 11.0 Å². The lowest BCUT2D eigenvalue weighted by molar-refractivity contribution is 0.597. The van der Waals surface area contributed by atoms with Crippen LogP contribution < -0.4 is 5.32 Å². The Hall–Kier alpha value is -1.79. The van der Waals surface area contributed by atoms with Crippen LogP contribution in [-0.2, 0) is 0 Å². The van der Waals surface area contributed by atoms with Crippen LogP contribution in [0, 0.1) is 11.6 Å². The Morgan fingerprint density at radius 2 is 1.71 bits per heavy atom. The zero-order chi connectivity index (χ0) is 15.0. The molecule has 1 heterocycles. The molecule has 3 aromatic rings. The van der Waals surface area contributed by atoms with Crippen LogP contribution in [-0.4, -0.2) is 10.2 Å². The van der Waals surface area contributed by atoms with E-state index in [1.165, 1.54) is 0 Å². The van der Waals surface area contributed by atoms with E-state index >= 15 is 0 Å². The third-order valence-electron chi connectivity index (χ3n) is 2.91. The quantitative estimate of drug-likeness (QED) is 0.640. The Bertz CT molecular complexity index is 842. The van der Waals surface area contributed by atoms with Crippen LogP contribution in [0.2, 0.25) is 5.15 Å². The molecule has 0 unspecified atom stereocenters. The molecule has 1 N–H and O–H groups in total. The average Bonchev–Trinajstić information content (AvgIpc) is 2.48. The number of aromatic nitrogens is 2. The maximum absolute atomic E-state index is 13.9. The first-order valence-corrected chi connectivity index (χ1v) is 7.06. The molecule has 1 aromatic heterocycles. The molecular formula is C14H7BrClF2N3. The number of nitrogens with zero attached hydrogens (tertiary/aromatic N) is 2. The summed E-state index contributed by atoms with van der Waals surface area (Å²) in [6.45, 7) is 0. The van der Waals surface area contributed by atoms with Crippen molar-refractivity contribution in [3.63, 3.8) is 0 Å². The van der Waals surface area contributed by atoms with Crippen molar-refractivity contribution < 1.29 is 8.78 Å². The van der Waals surface area contributed by atoms with Crippen molar-refractivity contribution in [2.75, 3.05) is 5.32 Å². The van der Waals surface area contributed by atoms with Crippen LogP contribution in [0.15, 0.2) is 40.9 Å². The fraction of sp³-hybridized carbons (Fsp3) is 0. The molecule has 106 valence electrons. The van der Waals surface area contributed by atoms with Crippen LogP contribution >= 0.6 is 27.5 Å². The van der Waals surface area contributed by atoms with Gasteiger partial charge >= 0.3 is 0 Å². The molecule has 0 bridgehead atoms. The minimum atomic E-state index is -0.607. The van der Waals surface area contributed by atoms with Crippen LogP contribution in [0.4, 0.5) is 20.3 Å². The lowest BCUT2D eigenvalue weighted by Crippen LogP contribution is -2.00. The zero-order valence-corrected chi connectivity index (χ0v) is 12.7. The Morgan fingerprint density at radius 3 is 2.48 bits per heavy atom. The highest BCUT2D eigenvalue weighted by Gasteiger charge is 2.12. The molecule has 0 amide bonds. The summed E-state index contributed by atoms with van der Waals surface area (Å²) in [6, 6.07) is 9.23. The Kier molecular flexibility index (Phi) is 3.73. The summed E-state index contributed by atoms with van der Waals surface area (Å²) >= 11 is 8.89. The normalized spacial score (nSPS) is 10.9. The molecule has 21 heavy (non-hydrogen) atoms. The predicted octanol–water partition coefficient (Wildman–Crippen LogP) is 5.07. The van der Waals surface area contributed by atoms with E-state index in [4.69, 9.17) is 11.6 Å². The van der Waals surface area contributed by atoms with E-state index in [2.05, 4.69) is 31.4 Å². The maximum Gasteiger partial charge on any atom is 0.161 e. The predicted molar refractivity (Wildman–Crippen MR) is 81.9 cm³/mol. The molecule has 3 rings (SSSR count). The number of benzene rings is 2. The molecule has 7 heteroatoms. The summed E-state index contributed by atoms with van der Waals surface area (Å²) in [5.74, 6) is -0.884. The van der Waals surface area contributed by atoms with Crippen LogP contribution in [0.5, 0.6) is 0 Å². The first-order valence-electron chi connectivity index (χ1n) is 5.89. The van der Waals surface area contributed by atoms with Gasteiger partial charge in [0.25, 0.3) is 0 Å². The van der Waals surface area contributed by atoms with Crippen molar-refractivity contribution in [3.05, 3.63) is 57.7 Å². The van der Waals surface area contributed by atoms with Gasteiger partial charge in [0.2, 0.25) is 0 Å². The molecule has 0 spiro atoms. The molecular weight excluding hydrogens is 364 g/mol. The largest absolute Gasteiger partial charge is 0.336 e. The number of nitrogens with one attached hydrogen (secondary N) is 1. The molecule has 0 radical (unpaired) electrons. The van der Waals surface area contributed by atoms with Gasteiger partial charge in [0.1, 0.15) is 11.6 Å². The van der Waals surface area contributed by atoms with Crippen LogP contribution in [0.1, 0.15) is 0 Å². The number of fused-ring (bicyclic) bond motifs is 1. The second-order valence-corrected chi connectivity index (χ2v) is 5.47. The van der Waals surface area contributed by atoms with Crippen molar-refractivity contribution in [2.24, 2.45) is 0 Å².